The number of methoxy groups -OCH3 is 1. The van der Waals surface area contributed by atoms with Gasteiger partial charge in [-0.3, -0.25) is 4.79 Å². The van der Waals surface area contributed by atoms with Gasteiger partial charge in [0.25, 0.3) is 0 Å². The normalized spacial score (nSPS) is 11.1. The molecule has 0 saturated heterocycles. The van der Waals surface area contributed by atoms with Gasteiger partial charge in [0.2, 0.25) is 5.91 Å². The fraction of sp³-hybridized carbons (Fsp3) is 0.316. The van der Waals surface area contributed by atoms with Crippen molar-refractivity contribution in [1.82, 2.24) is 0 Å². The highest BCUT2D eigenvalue weighted by atomic mass is 16.5. The van der Waals surface area contributed by atoms with Crippen LogP contribution in [0.4, 0.5) is 5.69 Å². The Balaban J connectivity index is 2.35. The van der Waals surface area contributed by atoms with Crippen molar-refractivity contribution in [3.8, 4) is 5.75 Å². The third-order valence-corrected chi connectivity index (χ3v) is 4.07. The van der Waals surface area contributed by atoms with Crippen LogP contribution in [0.5, 0.6) is 5.75 Å². The molecule has 3 heteroatoms. The Morgan fingerprint density at radius 2 is 1.59 bits per heavy atom. The van der Waals surface area contributed by atoms with Gasteiger partial charge in [-0.1, -0.05) is 36.4 Å². The molecule has 0 radical (unpaired) electrons. The number of para-hydroxylation sites is 2. The molecule has 116 valence electrons. The van der Waals surface area contributed by atoms with E-state index in [1.54, 1.807) is 7.11 Å². The maximum absolute atomic E-state index is 12.8. The SMILES string of the molecule is COc1ccccc1C(C)(C)C(=O)Nc1c(C)cccc1C. The van der Waals surface area contributed by atoms with Gasteiger partial charge in [0.15, 0.2) is 0 Å². The Bertz CT molecular complexity index is 669. The first-order chi connectivity index (χ1) is 10.4. The first kappa shape index (κ1) is 16.1. The van der Waals surface area contributed by atoms with Crippen molar-refractivity contribution < 1.29 is 9.53 Å². The molecule has 22 heavy (non-hydrogen) atoms. The topological polar surface area (TPSA) is 38.3 Å². The first-order valence-corrected chi connectivity index (χ1v) is 7.39. The molecule has 0 aliphatic heterocycles. The summed E-state index contributed by atoms with van der Waals surface area (Å²) < 4.78 is 5.40. The number of carbonyl (C=O) groups excluding carboxylic acids is 1. The molecule has 0 unspecified atom stereocenters. The summed E-state index contributed by atoms with van der Waals surface area (Å²) in [4.78, 5) is 12.8. The number of rotatable bonds is 4. The van der Waals surface area contributed by atoms with Crippen molar-refractivity contribution >= 4 is 11.6 Å². The van der Waals surface area contributed by atoms with E-state index in [0.29, 0.717) is 0 Å². The van der Waals surface area contributed by atoms with E-state index in [9.17, 15) is 4.79 Å². The van der Waals surface area contributed by atoms with Gasteiger partial charge in [-0.15, -0.1) is 0 Å². The Morgan fingerprint density at radius 3 is 2.18 bits per heavy atom. The van der Waals surface area contributed by atoms with Crippen molar-refractivity contribution in [2.24, 2.45) is 0 Å². The lowest BCUT2D eigenvalue weighted by molar-refractivity contribution is -0.120. The lowest BCUT2D eigenvalue weighted by atomic mass is 9.83. The van der Waals surface area contributed by atoms with E-state index in [4.69, 9.17) is 4.74 Å². The lowest BCUT2D eigenvalue weighted by Gasteiger charge is -2.27. The molecule has 0 heterocycles. The summed E-state index contributed by atoms with van der Waals surface area (Å²) in [6.07, 6.45) is 0. The van der Waals surface area contributed by atoms with Crippen LogP contribution >= 0.6 is 0 Å². The van der Waals surface area contributed by atoms with Crippen molar-refractivity contribution in [2.45, 2.75) is 33.1 Å². The smallest absolute Gasteiger partial charge is 0.234 e. The molecule has 3 nitrogen and oxygen atoms in total. The number of ether oxygens (including phenoxy) is 1. The molecule has 2 rings (SSSR count). The number of nitrogens with one attached hydrogen (secondary N) is 1. The molecule has 2 aromatic carbocycles. The van der Waals surface area contributed by atoms with Crippen LogP contribution in [0, 0.1) is 13.8 Å². The molecule has 0 bridgehead atoms. The van der Waals surface area contributed by atoms with Crippen molar-refractivity contribution in [2.75, 3.05) is 12.4 Å². The van der Waals surface area contributed by atoms with Gasteiger partial charge in [0.05, 0.1) is 12.5 Å². The summed E-state index contributed by atoms with van der Waals surface area (Å²) in [5.74, 6) is 0.679. The second-order valence-corrected chi connectivity index (χ2v) is 6.05. The molecule has 1 N–H and O–H groups in total. The summed E-state index contributed by atoms with van der Waals surface area (Å²) in [5.41, 5.74) is 3.19. The average Bonchev–Trinajstić information content (AvgIpc) is 2.50. The van der Waals surface area contributed by atoms with Gasteiger partial charge in [-0.05, 0) is 44.9 Å². The molecule has 0 aliphatic carbocycles. The number of carbonyl (C=O) groups is 1. The van der Waals surface area contributed by atoms with Crippen LogP contribution in [0.3, 0.4) is 0 Å². The summed E-state index contributed by atoms with van der Waals surface area (Å²) in [6.45, 7) is 7.82. The minimum absolute atomic E-state index is 0.0469. The minimum Gasteiger partial charge on any atom is -0.496 e. The molecule has 2 aromatic rings. The summed E-state index contributed by atoms with van der Waals surface area (Å²) >= 11 is 0. The third-order valence-electron chi connectivity index (χ3n) is 4.07. The Labute approximate surface area is 132 Å². The molecular weight excluding hydrogens is 274 g/mol. The number of hydrogen-bond donors (Lipinski definition) is 1. The van der Waals surface area contributed by atoms with E-state index in [0.717, 1.165) is 28.1 Å². The monoisotopic (exact) mass is 297 g/mol. The largest absolute Gasteiger partial charge is 0.496 e. The van der Waals surface area contributed by atoms with E-state index in [1.807, 2.05) is 70.2 Å². The van der Waals surface area contributed by atoms with Crippen LogP contribution in [0.1, 0.15) is 30.5 Å². The zero-order valence-electron chi connectivity index (χ0n) is 13.9. The third kappa shape index (κ3) is 2.98. The van der Waals surface area contributed by atoms with Gasteiger partial charge in [0, 0.05) is 11.3 Å². The maximum atomic E-state index is 12.8. The van der Waals surface area contributed by atoms with Crippen LogP contribution in [-0.4, -0.2) is 13.0 Å². The predicted molar refractivity (Wildman–Crippen MR) is 90.6 cm³/mol. The van der Waals surface area contributed by atoms with Crippen LogP contribution < -0.4 is 10.1 Å². The highest BCUT2D eigenvalue weighted by molar-refractivity contribution is 6.00. The highest BCUT2D eigenvalue weighted by Crippen LogP contribution is 2.33. The van der Waals surface area contributed by atoms with Gasteiger partial charge >= 0.3 is 0 Å². The van der Waals surface area contributed by atoms with E-state index in [2.05, 4.69) is 5.32 Å². The van der Waals surface area contributed by atoms with E-state index >= 15 is 0 Å². The fourth-order valence-electron chi connectivity index (χ4n) is 2.56. The van der Waals surface area contributed by atoms with Gasteiger partial charge in [0.1, 0.15) is 5.75 Å². The van der Waals surface area contributed by atoms with E-state index in [-0.39, 0.29) is 5.91 Å². The molecular formula is C19H23NO2. The van der Waals surface area contributed by atoms with Crippen molar-refractivity contribution in [3.05, 3.63) is 59.2 Å². The molecule has 1 amide bonds. The van der Waals surface area contributed by atoms with Gasteiger partial charge in [-0.2, -0.15) is 0 Å². The van der Waals surface area contributed by atoms with Gasteiger partial charge < -0.3 is 10.1 Å². The molecule has 0 atom stereocenters. The highest BCUT2D eigenvalue weighted by Gasteiger charge is 2.32. The summed E-state index contributed by atoms with van der Waals surface area (Å²) in [5, 5.41) is 3.07. The van der Waals surface area contributed by atoms with E-state index in [1.165, 1.54) is 0 Å². The van der Waals surface area contributed by atoms with Crippen molar-refractivity contribution in [1.29, 1.82) is 0 Å². The standard InChI is InChI=1S/C19H23NO2/c1-13-9-8-10-14(2)17(13)20-18(21)19(3,4)15-11-6-7-12-16(15)22-5/h6-12H,1-5H3,(H,20,21). The first-order valence-electron chi connectivity index (χ1n) is 7.39. The molecule has 0 spiro atoms. The molecule has 0 saturated carbocycles. The number of benzene rings is 2. The van der Waals surface area contributed by atoms with Crippen molar-refractivity contribution in [3.63, 3.8) is 0 Å². The maximum Gasteiger partial charge on any atom is 0.234 e. The molecule has 0 aliphatic rings. The Morgan fingerprint density at radius 1 is 1.00 bits per heavy atom. The number of amides is 1. The molecule has 0 fully saturated rings. The van der Waals surface area contributed by atoms with Gasteiger partial charge in [-0.25, -0.2) is 0 Å². The number of hydrogen-bond acceptors (Lipinski definition) is 2. The molecule has 0 aromatic heterocycles. The summed E-state index contributed by atoms with van der Waals surface area (Å²) in [7, 11) is 1.62. The average molecular weight is 297 g/mol. The second kappa shape index (κ2) is 6.22. The minimum atomic E-state index is -0.693. The predicted octanol–water partition coefficient (Wildman–Crippen LogP) is 4.23. The summed E-state index contributed by atoms with van der Waals surface area (Å²) in [6, 6.07) is 13.6. The quantitative estimate of drug-likeness (QED) is 0.917. The Hall–Kier alpha value is -2.29. The fourth-order valence-corrected chi connectivity index (χ4v) is 2.56. The zero-order chi connectivity index (χ0) is 16.3. The van der Waals surface area contributed by atoms with Crippen LogP contribution in [0.15, 0.2) is 42.5 Å². The van der Waals surface area contributed by atoms with Crippen LogP contribution in [-0.2, 0) is 10.2 Å². The van der Waals surface area contributed by atoms with E-state index < -0.39 is 5.41 Å². The lowest BCUT2D eigenvalue weighted by Crippen LogP contribution is -2.35. The second-order valence-electron chi connectivity index (χ2n) is 6.05. The number of anilines is 1. The van der Waals surface area contributed by atoms with Crippen LogP contribution in [0.2, 0.25) is 0 Å². The number of aryl methyl sites for hydroxylation is 2. The zero-order valence-corrected chi connectivity index (χ0v) is 13.9. The Kier molecular flexibility index (Phi) is 4.55. The van der Waals surface area contributed by atoms with Crippen LogP contribution in [0.25, 0.3) is 0 Å².